The minimum absolute atomic E-state index is 0.00282. The molecule has 0 fully saturated rings. The van der Waals surface area contributed by atoms with E-state index in [0.29, 0.717) is 12.0 Å². The first-order chi connectivity index (χ1) is 11.4. The van der Waals surface area contributed by atoms with E-state index in [2.05, 4.69) is 0 Å². The fraction of sp³-hybridized carbons (Fsp3) is 0.263. The summed E-state index contributed by atoms with van der Waals surface area (Å²) >= 11 is 0. The van der Waals surface area contributed by atoms with Crippen molar-refractivity contribution in [3.63, 3.8) is 0 Å². The molecular weight excluding hydrogens is 308 g/mol. The largest absolute Gasteiger partial charge is 0.507 e. The van der Waals surface area contributed by atoms with Crippen molar-refractivity contribution in [3.05, 3.63) is 51.6 Å². The Bertz CT molecular complexity index is 880. The van der Waals surface area contributed by atoms with Crippen molar-refractivity contribution in [2.24, 2.45) is 0 Å². The molecular formula is C19H18O5. The third-order valence-electron chi connectivity index (χ3n) is 4.53. The van der Waals surface area contributed by atoms with Gasteiger partial charge in [0.15, 0.2) is 11.6 Å². The normalized spacial score (nSPS) is 12.9. The monoisotopic (exact) mass is 326 g/mol. The molecule has 0 saturated heterocycles. The van der Waals surface area contributed by atoms with Gasteiger partial charge in [0.2, 0.25) is 0 Å². The third-order valence-corrected chi connectivity index (χ3v) is 4.53. The summed E-state index contributed by atoms with van der Waals surface area (Å²) < 4.78 is 0. The van der Waals surface area contributed by atoms with Crippen LogP contribution in [0, 0.1) is 6.92 Å². The number of aromatic hydroxyl groups is 3. The summed E-state index contributed by atoms with van der Waals surface area (Å²) in [5.41, 5.74) is 0.450. The van der Waals surface area contributed by atoms with Gasteiger partial charge < -0.3 is 15.3 Å². The van der Waals surface area contributed by atoms with Gasteiger partial charge in [-0.15, -0.1) is 0 Å². The maximum atomic E-state index is 12.9. The molecule has 0 bridgehead atoms. The molecule has 0 heterocycles. The molecule has 1 aliphatic rings. The molecule has 124 valence electrons. The molecule has 0 aromatic heterocycles. The van der Waals surface area contributed by atoms with Crippen molar-refractivity contribution in [3.8, 4) is 17.2 Å². The van der Waals surface area contributed by atoms with Crippen LogP contribution in [-0.2, 0) is 6.42 Å². The zero-order valence-electron chi connectivity index (χ0n) is 13.5. The molecule has 1 aliphatic carbocycles. The zero-order valence-corrected chi connectivity index (χ0v) is 13.5. The van der Waals surface area contributed by atoms with E-state index < -0.39 is 11.6 Å². The van der Waals surface area contributed by atoms with E-state index in [4.69, 9.17) is 0 Å². The number of fused-ring (bicyclic) bond motifs is 2. The van der Waals surface area contributed by atoms with E-state index in [-0.39, 0.29) is 45.1 Å². The Morgan fingerprint density at radius 3 is 2.29 bits per heavy atom. The smallest absolute Gasteiger partial charge is 0.198 e. The first-order valence-corrected chi connectivity index (χ1v) is 7.88. The lowest BCUT2D eigenvalue weighted by Crippen LogP contribution is -2.23. The zero-order chi connectivity index (χ0) is 17.6. The molecule has 24 heavy (non-hydrogen) atoms. The summed E-state index contributed by atoms with van der Waals surface area (Å²) in [4.78, 5) is 25.8. The Morgan fingerprint density at radius 2 is 1.62 bits per heavy atom. The standard InChI is InChI=1S/C19H18O5/c1-3-4-6-11-14-15(17(22)9(2)16(11)21)18(23)10-7-5-8-12(20)13(10)19(14)24/h5,7-8,20-22H,3-4,6H2,1-2H3. The summed E-state index contributed by atoms with van der Waals surface area (Å²) in [5.74, 6) is -1.89. The summed E-state index contributed by atoms with van der Waals surface area (Å²) in [7, 11) is 0. The van der Waals surface area contributed by atoms with E-state index in [1.807, 2.05) is 6.92 Å². The number of carbonyl (C=O) groups is 2. The second kappa shape index (κ2) is 5.67. The number of phenolic OH excluding ortho intramolecular Hbond substituents is 3. The van der Waals surface area contributed by atoms with Gasteiger partial charge in [-0.2, -0.15) is 0 Å². The van der Waals surface area contributed by atoms with Crippen molar-refractivity contribution in [1.82, 2.24) is 0 Å². The van der Waals surface area contributed by atoms with E-state index in [0.717, 1.165) is 12.8 Å². The second-order valence-corrected chi connectivity index (χ2v) is 6.01. The molecule has 3 N–H and O–H groups in total. The van der Waals surface area contributed by atoms with E-state index in [1.165, 1.54) is 25.1 Å². The molecule has 0 atom stereocenters. The van der Waals surface area contributed by atoms with Crippen LogP contribution in [0.2, 0.25) is 0 Å². The van der Waals surface area contributed by atoms with Crippen LogP contribution in [0.4, 0.5) is 0 Å². The molecule has 0 spiro atoms. The maximum absolute atomic E-state index is 12.9. The topological polar surface area (TPSA) is 94.8 Å². The summed E-state index contributed by atoms with van der Waals surface area (Å²) in [6.07, 6.45) is 1.98. The van der Waals surface area contributed by atoms with Crippen LogP contribution >= 0.6 is 0 Å². The van der Waals surface area contributed by atoms with Gasteiger partial charge in [0.1, 0.15) is 17.2 Å². The Kier molecular flexibility index (Phi) is 3.79. The van der Waals surface area contributed by atoms with Crippen LogP contribution in [-0.4, -0.2) is 26.9 Å². The van der Waals surface area contributed by atoms with E-state index in [1.54, 1.807) is 0 Å². The van der Waals surface area contributed by atoms with Crippen LogP contribution in [0.1, 0.15) is 62.7 Å². The average molecular weight is 326 g/mol. The fourth-order valence-corrected chi connectivity index (χ4v) is 3.21. The van der Waals surface area contributed by atoms with Gasteiger partial charge in [0.05, 0.1) is 11.1 Å². The van der Waals surface area contributed by atoms with Gasteiger partial charge in [-0.3, -0.25) is 9.59 Å². The first kappa shape index (κ1) is 16.1. The molecule has 0 saturated carbocycles. The molecule has 3 rings (SSSR count). The van der Waals surface area contributed by atoms with Crippen LogP contribution in [0.25, 0.3) is 0 Å². The highest BCUT2D eigenvalue weighted by molar-refractivity contribution is 6.31. The highest BCUT2D eigenvalue weighted by atomic mass is 16.3. The number of ketones is 2. The minimum Gasteiger partial charge on any atom is -0.507 e. The molecule has 5 heteroatoms. The molecule has 0 aliphatic heterocycles. The van der Waals surface area contributed by atoms with Crippen molar-refractivity contribution in [2.75, 3.05) is 0 Å². The van der Waals surface area contributed by atoms with Gasteiger partial charge in [-0.25, -0.2) is 0 Å². The lowest BCUT2D eigenvalue weighted by atomic mass is 9.78. The maximum Gasteiger partial charge on any atom is 0.198 e. The van der Waals surface area contributed by atoms with Crippen molar-refractivity contribution < 1.29 is 24.9 Å². The Hall–Kier alpha value is -2.82. The van der Waals surface area contributed by atoms with Gasteiger partial charge in [0, 0.05) is 22.3 Å². The first-order valence-electron chi connectivity index (χ1n) is 7.88. The number of benzene rings is 2. The van der Waals surface area contributed by atoms with Crippen molar-refractivity contribution in [2.45, 2.75) is 33.1 Å². The van der Waals surface area contributed by atoms with Gasteiger partial charge >= 0.3 is 0 Å². The second-order valence-electron chi connectivity index (χ2n) is 6.01. The Balaban J connectivity index is 2.38. The molecule has 0 radical (unpaired) electrons. The Morgan fingerprint density at radius 1 is 0.917 bits per heavy atom. The molecule has 0 amide bonds. The van der Waals surface area contributed by atoms with Crippen LogP contribution in [0.3, 0.4) is 0 Å². The predicted molar refractivity (Wildman–Crippen MR) is 88.1 cm³/mol. The van der Waals surface area contributed by atoms with Gasteiger partial charge in [-0.05, 0) is 25.8 Å². The van der Waals surface area contributed by atoms with E-state index in [9.17, 15) is 24.9 Å². The summed E-state index contributed by atoms with van der Waals surface area (Å²) in [6.45, 7) is 3.49. The minimum atomic E-state index is -0.547. The highest BCUT2D eigenvalue weighted by Crippen LogP contribution is 2.44. The lowest BCUT2D eigenvalue weighted by Gasteiger charge is -2.24. The number of hydrogen-bond acceptors (Lipinski definition) is 5. The third kappa shape index (κ3) is 2.08. The van der Waals surface area contributed by atoms with Crippen LogP contribution in [0.15, 0.2) is 18.2 Å². The Labute approximate surface area is 139 Å². The quantitative estimate of drug-likeness (QED) is 0.687. The van der Waals surface area contributed by atoms with Crippen LogP contribution < -0.4 is 0 Å². The summed E-state index contributed by atoms with van der Waals surface area (Å²) in [5, 5.41) is 30.8. The number of hydrogen-bond donors (Lipinski definition) is 3. The predicted octanol–water partition coefficient (Wildman–Crippen LogP) is 3.23. The van der Waals surface area contributed by atoms with E-state index >= 15 is 0 Å². The molecule has 2 aromatic rings. The van der Waals surface area contributed by atoms with Crippen molar-refractivity contribution >= 4 is 11.6 Å². The van der Waals surface area contributed by atoms with Crippen LogP contribution in [0.5, 0.6) is 17.2 Å². The number of unbranched alkanes of at least 4 members (excludes halogenated alkanes) is 1. The molecule has 0 unspecified atom stereocenters. The number of carbonyl (C=O) groups excluding carboxylic acids is 2. The lowest BCUT2D eigenvalue weighted by molar-refractivity contribution is 0.0973. The van der Waals surface area contributed by atoms with Crippen molar-refractivity contribution in [1.29, 1.82) is 0 Å². The fourth-order valence-electron chi connectivity index (χ4n) is 3.21. The molecule has 2 aromatic carbocycles. The summed E-state index contributed by atoms with van der Waals surface area (Å²) in [6, 6.07) is 4.27. The van der Waals surface area contributed by atoms with Gasteiger partial charge in [-0.1, -0.05) is 25.5 Å². The number of phenols is 3. The SMILES string of the molecule is CCCCc1c(O)c(C)c(O)c2c1C(=O)c1c(O)cccc1C2=O. The number of rotatable bonds is 3. The molecule has 5 nitrogen and oxygen atoms in total. The highest BCUT2D eigenvalue weighted by Gasteiger charge is 2.37. The van der Waals surface area contributed by atoms with Gasteiger partial charge in [0.25, 0.3) is 0 Å². The average Bonchev–Trinajstić information content (AvgIpc) is 2.56.